The van der Waals surface area contributed by atoms with Crippen LogP contribution in [0.2, 0.25) is 0 Å². The van der Waals surface area contributed by atoms with Crippen LogP contribution in [0.25, 0.3) is 0 Å². The van der Waals surface area contributed by atoms with Crippen molar-refractivity contribution in [2.75, 3.05) is 13.6 Å². The first kappa shape index (κ1) is 20.3. The van der Waals surface area contributed by atoms with Crippen LogP contribution in [0.1, 0.15) is 23.6 Å². The van der Waals surface area contributed by atoms with Crippen molar-refractivity contribution in [3.8, 4) is 0 Å². The number of benzene rings is 2. The second-order valence-corrected chi connectivity index (χ2v) is 6.97. The van der Waals surface area contributed by atoms with Gasteiger partial charge in [0.15, 0.2) is 0 Å². The molecule has 1 aliphatic heterocycles. The van der Waals surface area contributed by atoms with Crippen molar-refractivity contribution < 1.29 is 19.2 Å². The first-order valence-electron chi connectivity index (χ1n) is 9.43. The Hall–Kier alpha value is -3.48. The number of hydrogen-bond acceptors (Lipinski definition) is 4. The molecule has 5 amide bonds. The predicted octanol–water partition coefficient (Wildman–Crippen LogP) is 2.20. The van der Waals surface area contributed by atoms with Crippen molar-refractivity contribution in [3.05, 3.63) is 71.3 Å². The van der Waals surface area contributed by atoms with Gasteiger partial charge in [-0.05, 0) is 23.1 Å². The van der Waals surface area contributed by atoms with Crippen molar-refractivity contribution >= 4 is 23.8 Å². The van der Waals surface area contributed by atoms with Crippen LogP contribution in [0.3, 0.4) is 0 Å². The van der Waals surface area contributed by atoms with Gasteiger partial charge in [-0.15, -0.1) is 0 Å². The molecule has 3 rings (SSSR count). The summed E-state index contributed by atoms with van der Waals surface area (Å²) in [5.41, 5.74) is 2.87. The number of amides is 5. The zero-order valence-corrected chi connectivity index (χ0v) is 16.5. The highest BCUT2D eigenvalue weighted by molar-refractivity contribution is 6.44. The van der Waals surface area contributed by atoms with E-state index in [0.717, 1.165) is 22.4 Å². The molecule has 150 valence electrons. The van der Waals surface area contributed by atoms with E-state index in [1.165, 1.54) is 10.5 Å². The van der Waals surface area contributed by atoms with Gasteiger partial charge in [0.1, 0.15) is 6.54 Å². The molecule has 0 aliphatic carbocycles. The standard InChI is InChI=1S/C22H23N3O4/c1-3-16-9-11-18(12-10-16)13-23(2)19(26)15-25-21(28)20(27)24(22(25)29)14-17-7-5-4-6-8-17/h4-12H,3,13-15H2,1-2H3. The smallest absolute Gasteiger partial charge is 0.335 e. The topological polar surface area (TPSA) is 78.0 Å². The summed E-state index contributed by atoms with van der Waals surface area (Å²) < 4.78 is 0. The first-order chi connectivity index (χ1) is 13.9. The molecule has 1 fully saturated rings. The van der Waals surface area contributed by atoms with Crippen LogP contribution < -0.4 is 0 Å². The average Bonchev–Trinajstić information content (AvgIpc) is 2.93. The van der Waals surface area contributed by atoms with E-state index in [1.807, 2.05) is 30.3 Å². The highest BCUT2D eigenvalue weighted by Gasteiger charge is 2.45. The number of carbonyl (C=O) groups is 4. The van der Waals surface area contributed by atoms with E-state index in [0.29, 0.717) is 11.4 Å². The van der Waals surface area contributed by atoms with Crippen molar-refractivity contribution in [1.82, 2.24) is 14.7 Å². The van der Waals surface area contributed by atoms with Crippen molar-refractivity contribution in [1.29, 1.82) is 0 Å². The maximum atomic E-state index is 12.6. The predicted molar refractivity (Wildman–Crippen MR) is 106 cm³/mol. The molecule has 7 nitrogen and oxygen atoms in total. The first-order valence-corrected chi connectivity index (χ1v) is 9.43. The molecule has 0 unspecified atom stereocenters. The SMILES string of the molecule is CCc1ccc(CN(C)C(=O)CN2C(=O)C(=O)N(Cc3ccccc3)C2=O)cc1. The number of rotatable bonds is 7. The number of nitrogens with zero attached hydrogens (tertiary/aromatic N) is 3. The Kier molecular flexibility index (Phi) is 6.07. The molecule has 1 aliphatic rings. The molecule has 0 spiro atoms. The Morgan fingerprint density at radius 2 is 1.41 bits per heavy atom. The minimum absolute atomic E-state index is 0.00540. The Labute approximate surface area is 169 Å². The third-order valence-electron chi connectivity index (χ3n) is 4.89. The second kappa shape index (κ2) is 8.68. The molecular formula is C22H23N3O4. The van der Waals surface area contributed by atoms with Crippen LogP contribution in [0.5, 0.6) is 0 Å². The molecule has 0 atom stereocenters. The Balaban J connectivity index is 1.63. The van der Waals surface area contributed by atoms with Gasteiger partial charge < -0.3 is 4.90 Å². The molecule has 0 bridgehead atoms. The van der Waals surface area contributed by atoms with Crippen molar-refractivity contribution in [2.45, 2.75) is 26.4 Å². The van der Waals surface area contributed by atoms with Crippen LogP contribution in [0.4, 0.5) is 4.79 Å². The van der Waals surface area contributed by atoms with E-state index in [-0.39, 0.29) is 6.54 Å². The number of imide groups is 2. The van der Waals surface area contributed by atoms with Crippen LogP contribution in [0.15, 0.2) is 54.6 Å². The van der Waals surface area contributed by atoms with E-state index < -0.39 is 30.3 Å². The molecule has 7 heteroatoms. The lowest BCUT2D eigenvalue weighted by molar-refractivity contribution is -0.145. The van der Waals surface area contributed by atoms with Gasteiger partial charge >= 0.3 is 17.8 Å². The lowest BCUT2D eigenvalue weighted by Crippen LogP contribution is -2.41. The Morgan fingerprint density at radius 1 is 0.828 bits per heavy atom. The van der Waals surface area contributed by atoms with Gasteiger partial charge in [0.2, 0.25) is 5.91 Å². The molecule has 1 saturated heterocycles. The number of hydrogen-bond donors (Lipinski definition) is 0. The lowest BCUT2D eigenvalue weighted by atomic mass is 10.1. The van der Waals surface area contributed by atoms with Gasteiger partial charge in [-0.2, -0.15) is 0 Å². The van der Waals surface area contributed by atoms with Crippen molar-refractivity contribution in [3.63, 3.8) is 0 Å². The maximum absolute atomic E-state index is 12.6. The number of carbonyl (C=O) groups excluding carboxylic acids is 4. The average molecular weight is 393 g/mol. The molecule has 0 saturated carbocycles. The van der Waals surface area contributed by atoms with Crippen molar-refractivity contribution in [2.24, 2.45) is 0 Å². The van der Waals surface area contributed by atoms with Crippen LogP contribution >= 0.6 is 0 Å². The zero-order valence-electron chi connectivity index (χ0n) is 16.5. The van der Waals surface area contributed by atoms with Gasteiger partial charge in [0, 0.05) is 13.6 Å². The molecule has 2 aromatic carbocycles. The highest BCUT2D eigenvalue weighted by atomic mass is 16.2. The van der Waals surface area contributed by atoms with Crippen LogP contribution in [-0.4, -0.2) is 52.0 Å². The number of aryl methyl sites for hydroxylation is 1. The summed E-state index contributed by atoms with van der Waals surface area (Å²) in [7, 11) is 1.60. The minimum Gasteiger partial charge on any atom is -0.340 e. The Bertz CT molecular complexity index is 925. The lowest BCUT2D eigenvalue weighted by Gasteiger charge is -2.21. The van der Waals surface area contributed by atoms with Crippen LogP contribution in [-0.2, 0) is 33.9 Å². The fraction of sp³-hybridized carbons (Fsp3) is 0.273. The van der Waals surface area contributed by atoms with E-state index in [9.17, 15) is 19.2 Å². The molecular weight excluding hydrogens is 370 g/mol. The molecule has 2 aromatic rings. The molecule has 0 aromatic heterocycles. The third-order valence-corrected chi connectivity index (χ3v) is 4.89. The second-order valence-electron chi connectivity index (χ2n) is 6.97. The quantitative estimate of drug-likeness (QED) is 0.534. The summed E-state index contributed by atoms with van der Waals surface area (Å²) in [5, 5.41) is 0. The molecule has 0 radical (unpaired) electrons. The largest absolute Gasteiger partial charge is 0.340 e. The fourth-order valence-electron chi connectivity index (χ4n) is 3.09. The number of urea groups is 1. The third kappa shape index (κ3) is 4.51. The summed E-state index contributed by atoms with van der Waals surface area (Å²) >= 11 is 0. The zero-order chi connectivity index (χ0) is 21.0. The van der Waals surface area contributed by atoms with Gasteiger partial charge in [0.05, 0.1) is 6.54 Å². The monoisotopic (exact) mass is 393 g/mol. The van der Waals surface area contributed by atoms with E-state index in [4.69, 9.17) is 0 Å². The summed E-state index contributed by atoms with van der Waals surface area (Å²) in [6.45, 7) is 1.95. The van der Waals surface area contributed by atoms with Gasteiger partial charge in [-0.1, -0.05) is 61.5 Å². The fourth-order valence-corrected chi connectivity index (χ4v) is 3.09. The van der Waals surface area contributed by atoms with Gasteiger partial charge in [0.25, 0.3) is 0 Å². The summed E-state index contributed by atoms with van der Waals surface area (Å²) in [6, 6.07) is 16.0. The summed E-state index contributed by atoms with van der Waals surface area (Å²) in [5.74, 6) is -2.30. The highest BCUT2D eigenvalue weighted by Crippen LogP contribution is 2.16. The Morgan fingerprint density at radius 3 is 2.03 bits per heavy atom. The normalized spacial score (nSPS) is 13.9. The van der Waals surface area contributed by atoms with Gasteiger partial charge in [-0.3, -0.25) is 19.3 Å². The van der Waals surface area contributed by atoms with E-state index in [1.54, 1.807) is 31.3 Å². The van der Waals surface area contributed by atoms with Crippen LogP contribution in [0, 0.1) is 0 Å². The summed E-state index contributed by atoms with van der Waals surface area (Å²) in [4.78, 5) is 52.6. The van der Waals surface area contributed by atoms with Gasteiger partial charge in [-0.25, -0.2) is 9.69 Å². The summed E-state index contributed by atoms with van der Waals surface area (Å²) in [6.07, 6.45) is 0.932. The maximum Gasteiger partial charge on any atom is 0.335 e. The van der Waals surface area contributed by atoms with E-state index in [2.05, 4.69) is 6.92 Å². The van der Waals surface area contributed by atoms with E-state index >= 15 is 0 Å². The number of likely N-dealkylation sites (N-methyl/N-ethyl adjacent to an activating group) is 1. The molecule has 0 N–H and O–H groups in total. The molecule has 1 heterocycles. The molecule has 29 heavy (non-hydrogen) atoms. The minimum atomic E-state index is -0.972.